The van der Waals surface area contributed by atoms with Crippen LogP contribution in [-0.4, -0.2) is 24.1 Å². The lowest BCUT2D eigenvalue weighted by Gasteiger charge is -2.09. The number of hydrogen-bond donors (Lipinski definition) is 2. The minimum atomic E-state index is -0.463. The molecule has 90 valence electrons. The molecule has 0 aliphatic carbocycles. The Kier molecular flexibility index (Phi) is 2.84. The van der Waals surface area contributed by atoms with Crippen molar-refractivity contribution >= 4 is 11.4 Å². The van der Waals surface area contributed by atoms with Gasteiger partial charge < -0.3 is 10.2 Å². The van der Waals surface area contributed by atoms with E-state index in [4.69, 9.17) is 4.74 Å². The van der Waals surface area contributed by atoms with E-state index in [1.807, 2.05) is 7.05 Å². The molecular weight excluding hydrogens is 224 g/mol. The highest BCUT2D eigenvalue weighted by Crippen LogP contribution is 2.34. The van der Waals surface area contributed by atoms with Gasteiger partial charge in [0.05, 0.1) is 17.7 Å². The summed E-state index contributed by atoms with van der Waals surface area (Å²) in [5.41, 5.74) is 7.03. The summed E-state index contributed by atoms with van der Waals surface area (Å²) in [4.78, 5) is 10.4. The lowest BCUT2D eigenvalue weighted by Crippen LogP contribution is -2.33. The number of nitro groups is 1. The summed E-state index contributed by atoms with van der Waals surface area (Å²) in [6.07, 6.45) is 1.78. The van der Waals surface area contributed by atoms with Gasteiger partial charge in [-0.15, -0.1) is 5.53 Å². The molecule has 0 unspecified atom stereocenters. The van der Waals surface area contributed by atoms with Gasteiger partial charge in [-0.05, 0) is 6.07 Å². The first-order valence-corrected chi connectivity index (χ1v) is 4.91. The van der Waals surface area contributed by atoms with Crippen molar-refractivity contribution in [3.63, 3.8) is 0 Å². The Labute approximate surface area is 97.8 Å². The summed E-state index contributed by atoms with van der Waals surface area (Å²) in [5.74, 6) is 0.244. The van der Waals surface area contributed by atoms with Gasteiger partial charge in [-0.25, -0.2) is 0 Å². The largest absolute Gasteiger partial charge is 0.490 e. The second-order valence-corrected chi connectivity index (χ2v) is 3.51. The number of nitro benzene ring substituents is 1. The van der Waals surface area contributed by atoms with Crippen molar-refractivity contribution < 1.29 is 9.66 Å². The first kappa shape index (κ1) is 11.2. The first-order valence-electron chi connectivity index (χ1n) is 4.91. The molecule has 0 fully saturated rings. The number of hydrogen-bond acceptors (Lipinski definition) is 6. The number of nitrogens with one attached hydrogen (secondary N) is 2. The Morgan fingerprint density at radius 3 is 2.76 bits per heavy atom. The molecule has 1 aromatic rings. The fourth-order valence-corrected chi connectivity index (χ4v) is 1.64. The van der Waals surface area contributed by atoms with Gasteiger partial charge in [-0.3, -0.25) is 15.1 Å². The maximum absolute atomic E-state index is 10.9. The molecule has 0 amide bonds. The monoisotopic (exact) mass is 236 g/mol. The molecular formula is C10H12N4O3. The molecule has 7 heteroatoms. The summed E-state index contributed by atoms with van der Waals surface area (Å²) in [7, 11) is 3.22. The smallest absolute Gasteiger partial charge is 0.311 e. The van der Waals surface area contributed by atoms with Crippen molar-refractivity contribution in [3.8, 4) is 5.75 Å². The zero-order chi connectivity index (χ0) is 12.4. The predicted molar refractivity (Wildman–Crippen MR) is 61.7 cm³/mol. The third-order valence-electron chi connectivity index (χ3n) is 2.37. The summed E-state index contributed by atoms with van der Waals surface area (Å²) < 4.78 is 5.12. The quantitative estimate of drug-likeness (QED) is 0.598. The van der Waals surface area contributed by atoms with Gasteiger partial charge >= 0.3 is 5.69 Å². The van der Waals surface area contributed by atoms with Gasteiger partial charge in [0, 0.05) is 24.9 Å². The van der Waals surface area contributed by atoms with E-state index in [9.17, 15) is 10.1 Å². The van der Waals surface area contributed by atoms with Gasteiger partial charge in [0.1, 0.15) is 0 Å². The van der Waals surface area contributed by atoms with E-state index in [0.717, 1.165) is 0 Å². The summed E-state index contributed by atoms with van der Waals surface area (Å²) >= 11 is 0. The van der Waals surface area contributed by atoms with Crippen molar-refractivity contribution in [2.45, 2.75) is 0 Å². The molecule has 1 aliphatic rings. The Hall–Kier alpha value is -2.28. The van der Waals surface area contributed by atoms with Crippen molar-refractivity contribution in [2.75, 3.05) is 14.2 Å². The average Bonchev–Trinajstić information content (AvgIpc) is 2.74. The van der Waals surface area contributed by atoms with E-state index in [2.05, 4.69) is 11.0 Å². The number of methoxy groups -OCH3 is 1. The second-order valence-electron chi connectivity index (χ2n) is 3.51. The van der Waals surface area contributed by atoms with Gasteiger partial charge in [0.2, 0.25) is 5.75 Å². The number of rotatable bonds is 3. The molecule has 17 heavy (non-hydrogen) atoms. The van der Waals surface area contributed by atoms with Gasteiger partial charge in [-0.2, -0.15) is 0 Å². The molecule has 0 saturated heterocycles. The Bertz CT molecular complexity index is 486. The Balaban J connectivity index is 2.51. The van der Waals surface area contributed by atoms with E-state index in [-0.39, 0.29) is 11.4 Å². The zero-order valence-corrected chi connectivity index (χ0v) is 9.43. The molecule has 2 rings (SSSR count). The van der Waals surface area contributed by atoms with Crippen LogP contribution in [0.1, 0.15) is 5.56 Å². The van der Waals surface area contributed by atoms with E-state index < -0.39 is 4.92 Å². The van der Waals surface area contributed by atoms with Crippen LogP contribution < -0.4 is 15.7 Å². The molecule has 0 spiro atoms. The number of ether oxygens (including phenoxy) is 1. The summed E-state index contributed by atoms with van der Waals surface area (Å²) in [6, 6.07) is 4.79. The molecule has 2 N–H and O–H groups in total. The van der Waals surface area contributed by atoms with Crippen LogP contribution in [0.15, 0.2) is 24.4 Å². The third kappa shape index (κ3) is 2.00. The predicted octanol–water partition coefficient (Wildman–Crippen LogP) is 0.856. The molecule has 7 nitrogen and oxygen atoms in total. The minimum Gasteiger partial charge on any atom is -0.490 e. The fraction of sp³-hybridized carbons (Fsp3) is 0.200. The van der Waals surface area contributed by atoms with Crippen LogP contribution in [0.5, 0.6) is 5.75 Å². The number of para-hydroxylation sites is 1. The van der Waals surface area contributed by atoms with Gasteiger partial charge in [0.15, 0.2) is 0 Å². The highest BCUT2D eigenvalue weighted by Gasteiger charge is 2.22. The van der Waals surface area contributed by atoms with Crippen molar-refractivity contribution in [1.82, 2.24) is 16.0 Å². The topological polar surface area (TPSA) is 79.7 Å². The number of hydrazine groups is 2. The SMILES string of the molecule is COc1c(C2=CN(C)NN2)cccc1[N+](=O)[O-]. The molecule has 0 bridgehead atoms. The zero-order valence-electron chi connectivity index (χ0n) is 9.43. The van der Waals surface area contributed by atoms with Gasteiger partial charge in [-0.1, -0.05) is 6.07 Å². The Morgan fingerprint density at radius 1 is 1.47 bits per heavy atom. The average molecular weight is 236 g/mol. The van der Waals surface area contributed by atoms with Crippen LogP contribution >= 0.6 is 0 Å². The molecule has 1 aromatic carbocycles. The van der Waals surface area contributed by atoms with Crippen LogP contribution in [0, 0.1) is 10.1 Å². The number of benzene rings is 1. The van der Waals surface area contributed by atoms with Gasteiger partial charge in [0.25, 0.3) is 0 Å². The lowest BCUT2D eigenvalue weighted by molar-refractivity contribution is -0.385. The van der Waals surface area contributed by atoms with E-state index in [1.165, 1.54) is 13.2 Å². The van der Waals surface area contributed by atoms with E-state index >= 15 is 0 Å². The van der Waals surface area contributed by atoms with Crippen LogP contribution in [0.2, 0.25) is 0 Å². The highest BCUT2D eigenvalue weighted by molar-refractivity contribution is 5.73. The van der Waals surface area contributed by atoms with E-state index in [1.54, 1.807) is 23.3 Å². The normalized spacial score (nSPS) is 14.2. The molecule has 0 saturated carbocycles. The summed E-state index contributed by atoms with van der Waals surface area (Å²) in [6.45, 7) is 0. The maximum Gasteiger partial charge on any atom is 0.311 e. The molecule has 0 aromatic heterocycles. The first-order chi connectivity index (χ1) is 8.13. The van der Waals surface area contributed by atoms with Crippen molar-refractivity contribution in [1.29, 1.82) is 0 Å². The minimum absolute atomic E-state index is 0.0535. The summed E-state index contributed by atoms with van der Waals surface area (Å²) in [5, 5.41) is 12.6. The van der Waals surface area contributed by atoms with Crippen molar-refractivity contribution in [2.24, 2.45) is 0 Å². The lowest BCUT2D eigenvalue weighted by atomic mass is 10.1. The fourth-order valence-electron chi connectivity index (χ4n) is 1.64. The van der Waals surface area contributed by atoms with Crippen LogP contribution in [0.25, 0.3) is 5.70 Å². The Morgan fingerprint density at radius 2 is 2.24 bits per heavy atom. The highest BCUT2D eigenvalue weighted by atomic mass is 16.6. The van der Waals surface area contributed by atoms with Crippen LogP contribution in [0.4, 0.5) is 5.69 Å². The third-order valence-corrected chi connectivity index (χ3v) is 2.37. The van der Waals surface area contributed by atoms with Crippen molar-refractivity contribution in [3.05, 3.63) is 40.1 Å². The number of nitrogens with zero attached hydrogens (tertiary/aromatic N) is 2. The molecule has 0 radical (unpaired) electrons. The molecule has 0 atom stereocenters. The van der Waals surface area contributed by atoms with E-state index in [0.29, 0.717) is 11.3 Å². The molecule has 1 aliphatic heterocycles. The maximum atomic E-state index is 10.9. The van der Waals surface area contributed by atoms with Crippen LogP contribution in [0.3, 0.4) is 0 Å². The second kappa shape index (κ2) is 4.30. The standard InChI is InChI=1S/C10H12N4O3/c1-13-6-8(11-12-13)7-4-3-5-9(14(15)16)10(7)17-2/h3-6,11-12H,1-2H3. The molecule has 1 heterocycles. The van der Waals surface area contributed by atoms with Crippen LogP contribution in [-0.2, 0) is 0 Å².